The van der Waals surface area contributed by atoms with E-state index in [0.717, 1.165) is 11.1 Å². The van der Waals surface area contributed by atoms with E-state index >= 15 is 0 Å². The maximum absolute atomic E-state index is 12.1. The second-order valence-electron chi connectivity index (χ2n) is 6.98. The lowest BCUT2D eigenvalue weighted by Crippen LogP contribution is -2.36. The number of ether oxygens (including phenoxy) is 1. The molecule has 0 bridgehead atoms. The number of aliphatic carboxylic acids is 1. The second-order valence-corrected chi connectivity index (χ2v) is 6.98. The molecule has 2 aromatic rings. The fraction of sp³-hybridized carbons (Fsp3) is 0.217. The molecule has 0 spiro atoms. The van der Waals surface area contributed by atoms with E-state index in [0.29, 0.717) is 17.7 Å². The molecule has 5 nitrogen and oxygen atoms in total. The topological polar surface area (TPSA) is 83.8 Å². The van der Waals surface area contributed by atoms with Crippen LogP contribution >= 0.6 is 0 Å². The first-order valence-electron chi connectivity index (χ1n) is 8.97. The Hall–Kier alpha value is -3.34. The van der Waals surface area contributed by atoms with E-state index in [1.807, 2.05) is 36.4 Å². The van der Waals surface area contributed by atoms with E-state index in [1.54, 1.807) is 25.1 Å². The summed E-state index contributed by atoms with van der Waals surface area (Å²) in [5.74, 6) is -1.01. The summed E-state index contributed by atoms with van der Waals surface area (Å²) in [4.78, 5) is 23.7. The zero-order valence-electron chi connectivity index (χ0n) is 15.8. The van der Waals surface area contributed by atoms with Gasteiger partial charge < -0.3 is 14.9 Å². The van der Waals surface area contributed by atoms with E-state index in [1.165, 1.54) is 13.0 Å². The van der Waals surface area contributed by atoms with Crippen LogP contribution in [-0.2, 0) is 4.79 Å². The number of carboxylic acid groups (broad SMARTS) is 1. The van der Waals surface area contributed by atoms with Crippen molar-refractivity contribution in [3.63, 3.8) is 0 Å². The lowest BCUT2D eigenvalue weighted by molar-refractivity contribution is -0.147. The van der Waals surface area contributed by atoms with Crippen molar-refractivity contribution in [1.29, 1.82) is 0 Å². The molecule has 1 unspecified atom stereocenters. The van der Waals surface area contributed by atoms with E-state index in [2.05, 4.69) is 0 Å². The molecule has 0 saturated carbocycles. The third-order valence-corrected chi connectivity index (χ3v) is 5.03. The van der Waals surface area contributed by atoms with Crippen LogP contribution in [0.3, 0.4) is 0 Å². The molecule has 28 heavy (non-hydrogen) atoms. The molecule has 3 rings (SSSR count). The van der Waals surface area contributed by atoms with Crippen LogP contribution < -0.4 is 4.74 Å². The number of Topliss-reactive ketones (excluding diaryl/α,β-unsaturated/α-hetero) is 1. The first kappa shape index (κ1) is 19.4. The van der Waals surface area contributed by atoms with Crippen LogP contribution in [0, 0.1) is 12.3 Å². The van der Waals surface area contributed by atoms with Crippen molar-refractivity contribution < 1.29 is 24.5 Å². The zero-order valence-corrected chi connectivity index (χ0v) is 15.8. The number of aromatic hydroxyl groups is 1. The van der Waals surface area contributed by atoms with Gasteiger partial charge in [0.05, 0.1) is 5.56 Å². The first-order chi connectivity index (χ1) is 13.3. The van der Waals surface area contributed by atoms with Gasteiger partial charge in [0.1, 0.15) is 23.5 Å². The minimum Gasteiger partial charge on any atom is -0.507 e. The minimum atomic E-state index is -1.22. The van der Waals surface area contributed by atoms with Gasteiger partial charge in [0.25, 0.3) is 0 Å². The van der Waals surface area contributed by atoms with Crippen molar-refractivity contribution in [2.45, 2.75) is 20.3 Å². The monoisotopic (exact) mass is 378 g/mol. The molecule has 5 heteroatoms. The standard InChI is InChI=1S/C23H22O5/c1-15-20(11-10-19(16(2)24)21(15)25)28-14-23(22(26)27)12-6-9-18(13-23)17-7-4-3-5-8-17/h3-12,25H,13-14H2,1-2H3,(H,26,27). The Morgan fingerprint density at radius 1 is 1.14 bits per heavy atom. The summed E-state index contributed by atoms with van der Waals surface area (Å²) in [5.41, 5.74) is 1.29. The summed E-state index contributed by atoms with van der Waals surface area (Å²) >= 11 is 0. The van der Waals surface area contributed by atoms with Crippen molar-refractivity contribution in [3.8, 4) is 11.5 Å². The average molecular weight is 378 g/mol. The molecule has 0 amide bonds. The highest BCUT2D eigenvalue weighted by Crippen LogP contribution is 2.38. The molecule has 0 aliphatic heterocycles. The number of hydrogen-bond acceptors (Lipinski definition) is 4. The van der Waals surface area contributed by atoms with Gasteiger partial charge in [0.15, 0.2) is 5.78 Å². The maximum Gasteiger partial charge on any atom is 0.317 e. The Kier molecular flexibility index (Phi) is 5.36. The number of allylic oxidation sites excluding steroid dienone is 3. The summed E-state index contributed by atoms with van der Waals surface area (Å²) in [7, 11) is 0. The largest absolute Gasteiger partial charge is 0.507 e. The van der Waals surface area contributed by atoms with Gasteiger partial charge in [-0.05, 0) is 43.5 Å². The van der Waals surface area contributed by atoms with Gasteiger partial charge in [-0.25, -0.2) is 0 Å². The first-order valence-corrected chi connectivity index (χ1v) is 8.97. The molecule has 0 heterocycles. The number of carbonyl (C=O) groups excluding carboxylic acids is 1. The number of ketones is 1. The third-order valence-electron chi connectivity index (χ3n) is 5.03. The predicted octanol–water partition coefficient (Wildman–Crippen LogP) is 4.40. The summed E-state index contributed by atoms with van der Waals surface area (Å²) < 4.78 is 5.81. The molecule has 144 valence electrons. The highest BCUT2D eigenvalue weighted by Gasteiger charge is 2.39. The van der Waals surface area contributed by atoms with Gasteiger partial charge >= 0.3 is 5.97 Å². The lowest BCUT2D eigenvalue weighted by atomic mass is 9.77. The SMILES string of the molecule is CC(=O)c1ccc(OCC2(C(=O)O)C=CC=C(c3ccccc3)C2)c(C)c1O. The van der Waals surface area contributed by atoms with E-state index in [4.69, 9.17) is 4.74 Å². The molecule has 0 radical (unpaired) electrons. The Morgan fingerprint density at radius 2 is 1.86 bits per heavy atom. The summed E-state index contributed by atoms with van der Waals surface area (Å²) in [6, 6.07) is 12.7. The molecule has 0 saturated heterocycles. The van der Waals surface area contributed by atoms with Crippen LogP contribution in [0.4, 0.5) is 0 Å². The smallest absolute Gasteiger partial charge is 0.317 e. The molecule has 1 atom stereocenters. The predicted molar refractivity (Wildman–Crippen MR) is 107 cm³/mol. The zero-order chi connectivity index (χ0) is 20.3. The maximum atomic E-state index is 12.1. The fourth-order valence-electron chi connectivity index (χ4n) is 3.29. The van der Waals surface area contributed by atoms with Gasteiger partial charge in [-0.1, -0.05) is 48.6 Å². The van der Waals surface area contributed by atoms with Crippen molar-refractivity contribution >= 4 is 17.3 Å². The van der Waals surface area contributed by atoms with Gasteiger partial charge in [-0.2, -0.15) is 0 Å². The Labute approximate surface area is 163 Å². The van der Waals surface area contributed by atoms with E-state index in [-0.39, 0.29) is 23.7 Å². The Bertz CT molecular complexity index is 972. The number of rotatable bonds is 6. The van der Waals surface area contributed by atoms with Gasteiger partial charge in [-0.15, -0.1) is 0 Å². The number of carbonyl (C=O) groups is 2. The highest BCUT2D eigenvalue weighted by molar-refractivity contribution is 5.97. The number of carboxylic acids is 1. The molecular weight excluding hydrogens is 356 g/mol. The van der Waals surface area contributed by atoms with Crippen LogP contribution in [0.25, 0.3) is 5.57 Å². The van der Waals surface area contributed by atoms with Crippen LogP contribution in [0.15, 0.2) is 60.7 Å². The van der Waals surface area contributed by atoms with Crippen LogP contribution in [0.2, 0.25) is 0 Å². The van der Waals surface area contributed by atoms with Gasteiger partial charge in [0.2, 0.25) is 0 Å². The number of benzene rings is 2. The van der Waals surface area contributed by atoms with Gasteiger partial charge in [-0.3, -0.25) is 9.59 Å². The van der Waals surface area contributed by atoms with Crippen LogP contribution in [0.1, 0.15) is 34.8 Å². The van der Waals surface area contributed by atoms with Gasteiger partial charge in [0, 0.05) is 5.56 Å². The highest BCUT2D eigenvalue weighted by atomic mass is 16.5. The number of hydrogen-bond donors (Lipinski definition) is 2. The molecule has 0 aromatic heterocycles. The van der Waals surface area contributed by atoms with Crippen molar-refractivity contribution in [2.75, 3.05) is 6.61 Å². The number of phenolic OH excluding ortho intramolecular Hbond substituents is 1. The molecular formula is C23H22O5. The summed E-state index contributed by atoms with van der Waals surface area (Å²) in [6.45, 7) is 2.91. The molecule has 0 fully saturated rings. The van der Waals surface area contributed by atoms with Crippen molar-refractivity contribution in [1.82, 2.24) is 0 Å². The average Bonchev–Trinajstić information content (AvgIpc) is 2.69. The minimum absolute atomic E-state index is 0.0945. The summed E-state index contributed by atoms with van der Waals surface area (Å²) in [6.07, 6.45) is 5.59. The summed E-state index contributed by atoms with van der Waals surface area (Å²) in [5, 5.41) is 20.1. The van der Waals surface area contributed by atoms with Crippen LogP contribution in [-0.4, -0.2) is 28.6 Å². The normalized spacial score (nSPS) is 18.4. The number of phenols is 1. The molecule has 1 aliphatic rings. The third kappa shape index (κ3) is 3.69. The van der Waals surface area contributed by atoms with Crippen LogP contribution in [0.5, 0.6) is 11.5 Å². The lowest BCUT2D eigenvalue weighted by Gasteiger charge is -2.30. The Balaban J connectivity index is 1.84. The van der Waals surface area contributed by atoms with Crippen molar-refractivity contribution in [3.05, 3.63) is 77.4 Å². The fourth-order valence-corrected chi connectivity index (χ4v) is 3.29. The Morgan fingerprint density at radius 3 is 2.50 bits per heavy atom. The molecule has 2 N–H and O–H groups in total. The molecule has 2 aromatic carbocycles. The van der Waals surface area contributed by atoms with E-state index < -0.39 is 11.4 Å². The van der Waals surface area contributed by atoms with E-state index in [9.17, 15) is 19.8 Å². The van der Waals surface area contributed by atoms with Crippen molar-refractivity contribution in [2.24, 2.45) is 5.41 Å². The second kappa shape index (κ2) is 7.72. The molecule has 1 aliphatic carbocycles. The quantitative estimate of drug-likeness (QED) is 0.728.